The van der Waals surface area contributed by atoms with E-state index < -0.39 is 0 Å². The van der Waals surface area contributed by atoms with Crippen molar-refractivity contribution < 1.29 is 0 Å². The summed E-state index contributed by atoms with van der Waals surface area (Å²) in [4.78, 5) is 0. The minimum Gasteiger partial charge on any atom is -0.308 e. The van der Waals surface area contributed by atoms with Gasteiger partial charge in [-0.15, -0.1) is 10.2 Å². The van der Waals surface area contributed by atoms with Crippen LogP contribution in [0.5, 0.6) is 0 Å². The van der Waals surface area contributed by atoms with Crippen molar-refractivity contribution in [3.63, 3.8) is 0 Å². The van der Waals surface area contributed by atoms with Gasteiger partial charge in [0.1, 0.15) is 10.0 Å². The van der Waals surface area contributed by atoms with Crippen molar-refractivity contribution in [2.24, 2.45) is 0 Å². The lowest BCUT2D eigenvalue weighted by Gasteiger charge is -2.12. The number of thioether (sulfide) groups is 1. The van der Waals surface area contributed by atoms with Crippen LogP contribution in [0.4, 0.5) is 0 Å². The summed E-state index contributed by atoms with van der Waals surface area (Å²) in [6.07, 6.45) is 3.54. The summed E-state index contributed by atoms with van der Waals surface area (Å²) in [6, 6.07) is 0.398. The molecule has 0 aliphatic carbocycles. The Morgan fingerprint density at radius 1 is 1.41 bits per heavy atom. The Morgan fingerprint density at radius 2 is 2.29 bits per heavy atom. The van der Waals surface area contributed by atoms with E-state index in [2.05, 4.69) is 29.4 Å². The van der Waals surface area contributed by atoms with Gasteiger partial charge in [-0.25, -0.2) is 0 Å². The van der Waals surface area contributed by atoms with Crippen LogP contribution in [0.1, 0.15) is 55.1 Å². The van der Waals surface area contributed by atoms with Crippen molar-refractivity contribution in [2.75, 3.05) is 18.1 Å². The van der Waals surface area contributed by atoms with E-state index in [1.807, 2.05) is 23.1 Å². The SMILES string of the molecule is CCCNC(CC)c1nnc(C2CCSC2)s1. The highest BCUT2D eigenvalue weighted by Crippen LogP contribution is 2.35. The van der Waals surface area contributed by atoms with Gasteiger partial charge in [-0.3, -0.25) is 0 Å². The van der Waals surface area contributed by atoms with E-state index >= 15 is 0 Å². The summed E-state index contributed by atoms with van der Waals surface area (Å²) < 4.78 is 0. The third-order valence-corrected chi connectivity index (χ3v) is 5.44. The second-order valence-corrected chi connectivity index (χ2v) is 6.64. The van der Waals surface area contributed by atoms with Crippen LogP contribution in [-0.2, 0) is 0 Å². The highest BCUT2D eigenvalue weighted by Gasteiger charge is 2.23. The maximum absolute atomic E-state index is 4.39. The second kappa shape index (κ2) is 6.71. The maximum Gasteiger partial charge on any atom is 0.134 e. The number of hydrogen-bond donors (Lipinski definition) is 1. The molecule has 1 aliphatic heterocycles. The van der Waals surface area contributed by atoms with Crippen LogP contribution in [0.2, 0.25) is 0 Å². The molecule has 2 heterocycles. The van der Waals surface area contributed by atoms with E-state index in [-0.39, 0.29) is 0 Å². The third kappa shape index (κ3) is 3.42. The summed E-state index contributed by atoms with van der Waals surface area (Å²) in [6.45, 7) is 5.47. The fourth-order valence-electron chi connectivity index (χ4n) is 2.01. The Balaban J connectivity index is 1.99. The van der Waals surface area contributed by atoms with Gasteiger partial charge in [0.15, 0.2) is 0 Å². The molecule has 0 aromatic carbocycles. The Bertz CT molecular complexity index is 334. The molecule has 1 aliphatic rings. The average molecular weight is 271 g/mol. The fourth-order valence-corrected chi connectivity index (χ4v) is 4.48. The molecule has 1 saturated heterocycles. The van der Waals surface area contributed by atoms with Gasteiger partial charge in [0.05, 0.1) is 6.04 Å². The topological polar surface area (TPSA) is 37.8 Å². The van der Waals surface area contributed by atoms with Crippen molar-refractivity contribution in [3.05, 3.63) is 10.0 Å². The summed E-state index contributed by atoms with van der Waals surface area (Å²) in [5.41, 5.74) is 0. The summed E-state index contributed by atoms with van der Waals surface area (Å²) in [7, 11) is 0. The molecule has 2 unspecified atom stereocenters. The number of hydrogen-bond acceptors (Lipinski definition) is 5. The third-order valence-electron chi connectivity index (χ3n) is 3.08. The van der Waals surface area contributed by atoms with Crippen molar-refractivity contribution in [2.45, 2.75) is 45.1 Å². The van der Waals surface area contributed by atoms with E-state index in [9.17, 15) is 0 Å². The zero-order valence-corrected chi connectivity index (χ0v) is 12.2. The molecule has 17 heavy (non-hydrogen) atoms. The molecule has 96 valence electrons. The summed E-state index contributed by atoms with van der Waals surface area (Å²) >= 11 is 3.85. The quantitative estimate of drug-likeness (QED) is 0.862. The Morgan fingerprint density at radius 3 is 2.94 bits per heavy atom. The van der Waals surface area contributed by atoms with Gasteiger partial charge in [-0.2, -0.15) is 11.8 Å². The first kappa shape index (κ1) is 13.3. The zero-order valence-electron chi connectivity index (χ0n) is 10.6. The zero-order chi connectivity index (χ0) is 12.1. The lowest BCUT2D eigenvalue weighted by atomic mass is 10.1. The molecule has 0 saturated carbocycles. The fraction of sp³-hybridized carbons (Fsp3) is 0.833. The van der Waals surface area contributed by atoms with Gasteiger partial charge in [0.2, 0.25) is 0 Å². The smallest absolute Gasteiger partial charge is 0.134 e. The predicted molar refractivity (Wildman–Crippen MR) is 75.9 cm³/mol. The van der Waals surface area contributed by atoms with Crippen LogP contribution in [0, 0.1) is 0 Å². The van der Waals surface area contributed by atoms with Crippen LogP contribution >= 0.6 is 23.1 Å². The molecule has 0 bridgehead atoms. The lowest BCUT2D eigenvalue weighted by Crippen LogP contribution is -2.21. The van der Waals surface area contributed by atoms with Crippen LogP contribution in [0.25, 0.3) is 0 Å². The lowest BCUT2D eigenvalue weighted by molar-refractivity contribution is 0.512. The molecule has 0 radical (unpaired) electrons. The first-order chi connectivity index (χ1) is 8.35. The summed E-state index contributed by atoms with van der Waals surface area (Å²) in [5.74, 6) is 3.17. The van der Waals surface area contributed by atoms with Gasteiger partial charge in [0.25, 0.3) is 0 Å². The largest absolute Gasteiger partial charge is 0.308 e. The van der Waals surface area contributed by atoms with Gasteiger partial charge in [0, 0.05) is 11.7 Å². The van der Waals surface area contributed by atoms with E-state index in [1.165, 1.54) is 34.4 Å². The monoisotopic (exact) mass is 271 g/mol. The molecule has 3 nitrogen and oxygen atoms in total. The van der Waals surface area contributed by atoms with Crippen molar-refractivity contribution >= 4 is 23.1 Å². The Labute approximate surface area is 112 Å². The predicted octanol–water partition coefficient (Wildman–Crippen LogP) is 3.21. The van der Waals surface area contributed by atoms with Crippen molar-refractivity contribution in [1.29, 1.82) is 0 Å². The maximum atomic E-state index is 4.39. The van der Waals surface area contributed by atoms with E-state index in [0.717, 1.165) is 13.0 Å². The van der Waals surface area contributed by atoms with Gasteiger partial charge in [-0.1, -0.05) is 25.2 Å². The molecular formula is C12H21N3S2. The number of rotatable bonds is 6. The first-order valence-electron chi connectivity index (χ1n) is 6.49. The van der Waals surface area contributed by atoms with E-state index in [0.29, 0.717) is 12.0 Å². The Kier molecular flexibility index (Phi) is 5.25. The number of nitrogens with zero attached hydrogens (tertiary/aromatic N) is 2. The molecule has 1 aromatic heterocycles. The van der Waals surface area contributed by atoms with Crippen molar-refractivity contribution in [1.82, 2.24) is 15.5 Å². The van der Waals surface area contributed by atoms with Crippen molar-refractivity contribution in [3.8, 4) is 0 Å². The summed E-state index contributed by atoms with van der Waals surface area (Å²) in [5, 5.41) is 14.7. The molecule has 1 N–H and O–H groups in total. The molecule has 0 spiro atoms. The van der Waals surface area contributed by atoms with Crippen LogP contribution < -0.4 is 5.32 Å². The number of aromatic nitrogens is 2. The van der Waals surface area contributed by atoms with E-state index in [4.69, 9.17) is 0 Å². The molecule has 5 heteroatoms. The number of nitrogens with one attached hydrogen (secondary N) is 1. The van der Waals surface area contributed by atoms with Gasteiger partial charge >= 0.3 is 0 Å². The molecule has 1 fully saturated rings. The highest BCUT2D eigenvalue weighted by molar-refractivity contribution is 7.99. The molecule has 1 aromatic rings. The standard InChI is InChI=1S/C12H21N3S2/c1-3-6-13-10(4-2)12-15-14-11(17-12)9-5-7-16-8-9/h9-10,13H,3-8H2,1-2H3. The minimum absolute atomic E-state index is 0.398. The molecule has 2 rings (SSSR count). The van der Waals surface area contributed by atoms with E-state index in [1.54, 1.807) is 0 Å². The van der Waals surface area contributed by atoms with Crippen LogP contribution in [-0.4, -0.2) is 28.2 Å². The normalized spacial score (nSPS) is 21.9. The van der Waals surface area contributed by atoms with Gasteiger partial charge < -0.3 is 5.32 Å². The second-order valence-electron chi connectivity index (χ2n) is 4.45. The first-order valence-corrected chi connectivity index (χ1v) is 8.46. The minimum atomic E-state index is 0.398. The highest BCUT2D eigenvalue weighted by atomic mass is 32.2. The molecular weight excluding hydrogens is 250 g/mol. The average Bonchev–Trinajstić information content (AvgIpc) is 3.00. The Hall–Kier alpha value is -0.130. The van der Waals surface area contributed by atoms with Crippen LogP contribution in [0.15, 0.2) is 0 Å². The molecule has 0 amide bonds. The van der Waals surface area contributed by atoms with Gasteiger partial charge in [-0.05, 0) is 31.6 Å². The molecule has 2 atom stereocenters. The van der Waals surface area contributed by atoms with Crippen LogP contribution in [0.3, 0.4) is 0 Å².